The maximum absolute atomic E-state index is 12.3. The summed E-state index contributed by atoms with van der Waals surface area (Å²) in [5.74, 6) is -4.16. The number of halogens is 5. The Morgan fingerprint density at radius 1 is 1.30 bits per heavy atom. The van der Waals surface area contributed by atoms with E-state index in [4.69, 9.17) is 33.0 Å². The molecule has 0 radical (unpaired) electrons. The van der Waals surface area contributed by atoms with Crippen molar-refractivity contribution >= 4 is 42.7 Å². The highest BCUT2D eigenvalue weighted by molar-refractivity contribution is 7.58. The molecule has 0 spiro atoms. The first-order chi connectivity index (χ1) is 8.75. The molecule has 0 atom stereocenters. The maximum Gasteiger partial charge on any atom is 0.471 e. The van der Waals surface area contributed by atoms with E-state index >= 15 is 0 Å². The van der Waals surface area contributed by atoms with Gasteiger partial charge in [0, 0.05) is 0 Å². The smallest absolute Gasteiger partial charge is 0.465 e. The summed E-state index contributed by atoms with van der Waals surface area (Å²) in [6.07, 6.45) is -5.54. The molecular weight excluding hydrogens is 353 g/mol. The van der Waals surface area contributed by atoms with Gasteiger partial charge in [-0.15, -0.1) is 0 Å². The normalized spacial score (nSPS) is 13.0. The van der Waals surface area contributed by atoms with Crippen LogP contribution in [0.2, 0.25) is 0 Å². The maximum atomic E-state index is 12.3. The fourth-order valence-electron chi connectivity index (χ4n) is 0.935. The van der Waals surface area contributed by atoms with Crippen LogP contribution < -0.4 is 0 Å². The molecule has 0 fully saturated rings. The highest BCUT2D eigenvalue weighted by atomic mass is 35.5. The molecule has 0 aromatic carbocycles. The van der Waals surface area contributed by atoms with E-state index in [9.17, 15) is 27.3 Å². The lowest BCUT2D eigenvalue weighted by molar-refractivity contribution is -0.187. The van der Waals surface area contributed by atoms with Gasteiger partial charge in [-0.1, -0.05) is 23.2 Å². The average Bonchev–Trinajstić information content (AvgIpc) is 2.22. The van der Waals surface area contributed by atoms with Crippen molar-refractivity contribution in [1.82, 2.24) is 4.90 Å². The van der Waals surface area contributed by atoms with Gasteiger partial charge >= 0.3 is 25.6 Å². The minimum Gasteiger partial charge on any atom is -0.465 e. The molecule has 0 rings (SSSR count). The van der Waals surface area contributed by atoms with Gasteiger partial charge in [0.2, 0.25) is 0 Å². The summed E-state index contributed by atoms with van der Waals surface area (Å²) in [6.45, 7) is -0.393. The van der Waals surface area contributed by atoms with Crippen LogP contribution in [-0.2, 0) is 18.9 Å². The molecule has 0 aromatic rings. The van der Waals surface area contributed by atoms with Crippen LogP contribution in [0.15, 0.2) is 0 Å². The van der Waals surface area contributed by atoms with E-state index in [0.29, 0.717) is 0 Å². The van der Waals surface area contributed by atoms with Crippen LogP contribution in [0, 0.1) is 0 Å². The molecule has 0 aliphatic carbocycles. The first-order valence-electron chi connectivity index (χ1n) is 4.73. The van der Waals surface area contributed by atoms with Crippen molar-refractivity contribution in [2.75, 3.05) is 13.2 Å². The number of rotatable bonds is 5. The van der Waals surface area contributed by atoms with Gasteiger partial charge in [-0.3, -0.25) is 19.1 Å². The molecule has 0 aliphatic rings. The van der Waals surface area contributed by atoms with Crippen LogP contribution >= 0.6 is 30.8 Å². The molecule has 0 saturated heterocycles. The Labute approximate surface area is 120 Å². The standard InChI is InChI=1S/C7H9Cl2F3NO6P/c1-2-19-4(14)3-13(5(15)6(10,11)12)7(8,9)20(16,17)18/h2-3H2,1H3,(H2,16,17,18). The molecule has 0 aliphatic heterocycles. The number of esters is 1. The van der Waals surface area contributed by atoms with Crippen molar-refractivity contribution in [3.8, 4) is 0 Å². The van der Waals surface area contributed by atoms with Gasteiger partial charge in [-0.2, -0.15) is 13.2 Å². The van der Waals surface area contributed by atoms with Crippen molar-refractivity contribution in [3.05, 3.63) is 0 Å². The van der Waals surface area contributed by atoms with Crippen LogP contribution in [0.5, 0.6) is 0 Å². The molecular formula is C7H9Cl2F3NO6P. The highest BCUT2D eigenvalue weighted by Gasteiger charge is 2.57. The topological polar surface area (TPSA) is 104 Å². The Bertz CT molecular complexity index is 437. The zero-order chi connectivity index (χ0) is 16.4. The predicted molar refractivity (Wildman–Crippen MR) is 60.9 cm³/mol. The Hall–Kier alpha value is -0.540. The molecule has 0 saturated carbocycles. The van der Waals surface area contributed by atoms with Crippen LogP contribution in [-0.4, -0.2) is 50.1 Å². The van der Waals surface area contributed by atoms with Gasteiger partial charge in [-0.25, -0.2) is 0 Å². The number of nitrogens with zero attached hydrogens (tertiary/aromatic N) is 1. The Morgan fingerprint density at radius 3 is 2.05 bits per heavy atom. The summed E-state index contributed by atoms with van der Waals surface area (Å²) in [4.78, 5) is 39.1. The third-order valence-corrected chi connectivity index (χ3v) is 4.43. The van der Waals surface area contributed by atoms with Crippen molar-refractivity contribution in [3.63, 3.8) is 0 Å². The summed E-state index contributed by atoms with van der Waals surface area (Å²) in [5, 5.41) is 0. The number of alkyl halides is 5. The lowest BCUT2D eigenvalue weighted by Crippen LogP contribution is -2.52. The highest BCUT2D eigenvalue weighted by Crippen LogP contribution is 2.58. The largest absolute Gasteiger partial charge is 0.471 e. The summed E-state index contributed by atoms with van der Waals surface area (Å²) in [6, 6.07) is 0. The number of hydrogen-bond donors (Lipinski definition) is 2. The molecule has 0 heterocycles. The monoisotopic (exact) mass is 361 g/mol. The average molecular weight is 362 g/mol. The molecule has 1 amide bonds. The van der Waals surface area contributed by atoms with Crippen molar-refractivity contribution < 1.29 is 41.8 Å². The quantitative estimate of drug-likeness (QED) is 0.330. The van der Waals surface area contributed by atoms with E-state index in [2.05, 4.69) is 4.74 Å². The van der Waals surface area contributed by atoms with Gasteiger partial charge in [0.25, 0.3) is 4.20 Å². The molecule has 118 valence electrons. The van der Waals surface area contributed by atoms with Crippen LogP contribution in [0.4, 0.5) is 13.2 Å². The molecule has 2 N–H and O–H groups in total. The SMILES string of the molecule is CCOC(=O)CN(C(=O)C(F)(F)F)C(Cl)(Cl)P(=O)(O)O. The fraction of sp³-hybridized carbons (Fsp3) is 0.714. The van der Waals surface area contributed by atoms with Gasteiger partial charge in [0.1, 0.15) is 6.54 Å². The van der Waals surface area contributed by atoms with E-state index in [1.807, 2.05) is 0 Å². The van der Waals surface area contributed by atoms with E-state index < -0.39 is 41.3 Å². The molecule has 20 heavy (non-hydrogen) atoms. The van der Waals surface area contributed by atoms with Crippen LogP contribution in [0.25, 0.3) is 0 Å². The lowest BCUT2D eigenvalue weighted by Gasteiger charge is -2.33. The first kappa shape index (κ1) is 19.5. The number of hydrogen-bond acceptors (Lipinski definition) is 4. The second-order valence-electron chi connectivity index (χ2n) is 3.25. The van der Waals surface area contributed by atoms with Crippen LogP contribution in [0.1, 0.15) is 6.92 Å². The van der Waals surface area contributed by atoms with E-state index in [1.54, 1.807) is 0 Å². The summed E-state index contributed by atoms with van der Waals surface area (Å²) in [5.41, 5.74) is 0. The third-order valence-electron chi connectivity index (χ3n) is 1.76. The summed E-state index contributed by atoms with van der Waals surface area (Å²) in [7, 11) is -5.60. The molecule has 13 heteroatoms. The lowest BCUT2D eigenvalue weighted by atomic mass is 10.4. The zero-order valence-electron chi connectivity index (χ0n) is 9.73. The molecule has 0 aromatic heterocycles. The van der Waals surface area contributed by atoms with E-state index in [1.165, 1.54) is 6.92 Å². The minimum atomic E-state index is -5.60. The second-order valence-corrected chi connectivity index (χ2v) is 6.80. The Kier molecular flexibility index (Phi) is 6.31. The second kappa shape index (κ2) is 6.48. The van der Waals surface area contributed by atoms with E-state index in [-0.39, 0.29) is 6.61 Å². The van der Waals surface area contributed by atoms with Crippen molar-refractivity contribution in [1.29, 1.82) is 0 Å². The number of amides is 1. The molecule has 0 unspecified atom stereocenters. The predicted octanol–water partition coefficient (Wildman–Crippen LogP) is 1.21. The minimum absolute atomic E-state index is 0.236. The summed E-state index contributed by atoms with van der Waals surface area (Å²) < 4.78 is 48.7. The van der Waals surface area contributed by atoms with Crippen LogP contribution in [0.3, 0.4) is 0 Å². The fourth-order valence-corrected chi connectivity index (χ4v) is 1.68. The summed E-state index contributed by atoms with van der Waals surface area (Å²) >= 11 is 10.2. The van der Waals surface area contributed by atoms with Crippen molar-refractivity contribution in [2.24, 2.45) is 0 Å². The van der Waals surface area contributed by atoms with Gasteiger partial charge in [-0.05, 0) is 6.92 Å². The van der Waals surface area contributed by atoms with E-state index in [0.717, 1.165) is 0 Å². The Morgan fingerprint density at radius 2 is 1.75 bits per heavy atom. The molecule has 7 nitrogen and oxygen atoms in total. The number of carbonyl (C=O) groups excluding carboxylic acids is 2. The number of ether oxygens (including phenoxy) is 1. The number of carbonyl (C=O) groups is 2. The van der Waals surface area contributed by atoms with Crippen molar-refractivity contribution in [2.45, 2.75) is 17.3 Å². The third kappa shape index (κ3) is 4.78. The Balaban J connectivity index is 5.55. The van der Waals surface area contributed by atoms with Gasteiger partial charge in [0.05, 0.1) is 6.61 Å². The zero-order valence-corrected chi connectivity index (χ0v) is 12.1. The first-order valence-corrected chi connectivity index (χ1v) is 7.09. The van der Waals surface area contributed by atoms with Gasteiger partial charge in [0.15, 0.2) is 0 Å². The molecule has 0 bridgehead atoms. The van der Waals surface area contributed by atoms with Gasteiger partial charge < -0.3 is 14.5 Å².